The molecule has 0 aromatic heterocycles. The summed E-state index contributed by atoms with van der Waals surface area (Å²) < 4.78 is 43.0. The van der Waals surface area contributed by atoms with E-state index in [1.54, 1.807) is 0 Å². The van der Waals surface area contributed by atoms with Gasteiger partial charge in [0.2, 0.25) is 12.0 Å². The van der Waals surface area contributed by atoms with Crippen LogP contribution in [0, 0.1) is 0 Å². The van der Waals surface area contributed by atoms with E-state index in [1.165, 1.54) is 26.4 Å². The normalized spacial score (nSPS) is 42.3. The Morgan fingerprint density at radius 1 is 0.556 bits per heavy atom. The molecule has 0 spiro atoms. The summed E-state index contributed by atoms with van der Waals surface area (Å²) in [5.41, 5.74) is 0. The zero-order valence-electron chi connectivity index (χ0n) is 24.1. The Bertz CT molecular complexity index is 1070. The fourth-order valence-electron chi connectivity index (χ4n) is 5.00. The molecule has 1 aromatic carbocycles. The van der Waals surface area contributed by atoms with Gasteiger partial charge in [-0.2, -0.15) is 0 Å². The van der Waals surface area contributed by atoms with E-state index < -0.39 is 112 Å². The Morgan fingerprint density at radius 2 is 0.933 bits per heavy atom. The Kier molecular flexibility index (Phi) is 12.0. The smallest absolute Gasteiger partial charge is 0.229 e. The van der Waals surface area contributed by atoms with Crippen molar-refractivity contribution in [3.8, 4) is 23.0 Å². The number of benzene rings is 1. The van der Waals surface area contributed by atoms with E-state index in [0.29, 0.717) is 0 Å². The van der Waals surface area contributed by atoms with Crippen LogP contribution >= 0.6 is 0 Å². The first-order valence-corrected chi connectivity index (χ1v) is 13.9. The molecular weight excluding hydrogens is 616 g/mol. The van der Waals surface area contributed by atoms with Crippen LogP contribution in [0.1, 0.15) is 0 Å². The van der Waals surface area contributed by atoms with Crippen LogP contribution < -0.4 is 14.2 Å². The molecule has 258 valence electrons. The summed E-state index contributed by atoms with van der Waals surface area (Å²) in [7, 11) is 2.56. The summed E-state index contributed by atoms with van der Waals surface area (Å²) in [5.74, 6) is -0.414. The lowest BCUT2D eigenvalue weighted by atomic mass is 9.98. The topological polar surface area (TPSA) is 296 Å². The van der Waals surface area contributed by atoms with Gasteiger partial charge in [-0.1, -0.05) is 0 Å². The Morgan fingerprint density at radius 3 is 1.36 bits per heavy atom. The highest BCUT2D eigenvalue weighted by Gasteiger charge is 2.49. The lowest BCUT2D eigenvalue weighted by Gasteiger charge is -2.43. The Labute approximate surface area is 255 Å². The average molecular weight is 657 g/mol. The summed E-state index contributed by atoms with van der Waals surface area (Å²) in [6.45, 7) is -1.92. The standard InChI is InChI=1S/C26H40O19/c1-38-9-3-8(4-10(39-2)14(9)28)42-26-23(37)20(34)17(31)13(45-26)7-41-25-22(36)19(33)16(30)12(44-25)6-40-24-21(35)18(32)15(29)11(5-27)43-24/h3-4,11-13,15-37H,5-7H2,1-2H3/t11-,12-,13-,15-,16-,17-,18+,19+,20+,21-,22-,23-,24-,25-,26-/m1/s1. The first kappa shape index (κ1) is 35.7. The second kappa shape index (κ2) is 15.2. The number of hydrogen-bond acceptors (Lipinski definition) is 19. The van der Waals surface area contributed by atoms with Gasteiger partial charge in [-0.15, -0.1) is 0 Å². The van der Waals surface area contributed by atoms with Crippen LogP contribution in [0.3, 0.4) is 0 Å². The highest BCUT2D eigenvalue weighted by atomic mass is 16.7. The van der Waals surface area contributed by atoms with Crippen molar-refractivity contribution >= 4 is 0 Å². The molecule has 3 heterocycles. The van der Waals surface area contributed by atoms with Crippen molar-refractivity contribution in [2.75, 3.05) is 34.0 Å². The largest absolute Gasteiger partial charge is 0.502 e. The molecule has 3 saturated heterocycles. The summed E-state index contributed by atoms with van der Waals surface area (Å²) in [5, 5.41) is 112. The summed E-state index contributed by atoms with van der Waals surface area (Å²) in [4.78, 5) is 0. The number of aliphatic hydroxyl groups is 10. The van der Waals surface area contributed by atoms with Crippen LogP contribution in [0.2, 0.25) is 0 Å². The molecule has 0 amide bonds. The zero-order valence-corrected chi connectivity index (χ0v) is 24.1. The van der Waals surface area contributed by atoms with Crippen molar-refractivity contribution in [3.05, 3.63) is 12.1 Å². The second-order valence-corrected chi connectivity index (χ2v) is 10.7. The third-order valence-electron chi connectivity index (χ3n) is 7.74. The molecule has 0 saturated carbocycles. The Hall–Kier alpha value is -2.18. The number of phenols is 1. The number of methoxy groups -OCH3 is 2. The van der Waals surface area contributed by atoms with Gasteiger partial charge in [0.25, 0.3) is 0 Å². The van der Waals surface area contributed by atoms with Gasteiger partial charge in [-0.05, 0) is 0 Å². The van der Waals surface area contributed by atoms with Gasteiger partial charge >= 0.3 is 0 Å². The average Bonchev–Trinajstić information content (AvgIpc) is 3.03. The van der Waals surface area contributed by atoms with E-state index in [2.05, 4.69) is 0 Å². The van der Waals surface area contributed by atoms with Gasteiger partial charge in [-0.3, -0.25) is 0 Å². The molecule has 0 bridgehead atoms. The molecule has 15 atom stereocenters. The summed E-state index contributed by atoms with van der Waals surface area (Å²) in [6, 6.07) is 2.50. The number of hydrogen-bond donors (Lipinski definition) is 11. The lowest BCUT2D eigenvalue weighted by molar-refractivity contribution is -0.339. The van der Waals surface area contributed by atoms with E-state index in [0.717, 1.165) is 0 Å². The molecule has 19 nitrogen and oxygen atoms in total. The van der Waals surface area contributed by atoms with Gasteiger partial charge in [0.15, 0.2) is 24.1 Å². The van der Waals surface area contributed by atoms with E-state index in [4.69, 9.17) is 37.9 Å². The molecule has 0 aliphatic carbocycles. The molecular formula is C26H40O19. The molecule has 11 N–H and O–H groups in total. The van der Waals surface area contributed by atoms with Crippen molar-refractivity contribution < 1.29 is 94.1 Å². The highest BCUT2D eigenvalue weighted by molar-refractivity contribution is 5.54. The maximum absolute atomic E-state index is 10.5. The number of ether oxygens (including phenoxy) is 8. The second-order valence-electron chi connectivity index (χ2n) is 10.7. The molecule has 19 heteroatoms. The van der Waals surface area contributed by atoms with Crippen LogP contribution in [-0.4, -0.2) is 182 Å². The molecule has 0 radical (unpaired) electrons. The maximum atomic E-state index is 10.5. The van der Waals surface area contributed by atoms with Crippen molar-refractivity contribution in [3.63, 3.8) is 0 Å². The molecule has 1 aromatic rings. The van der Waals surface area contributed by atoms with Crippen molar-refractivity contribution in [1.29, 1.82) is 0 Å². The maximum Gasteiger partial charge on any atom is 0.229 e. The SMILES string of the molecule is COc1cc(O[C@@H]2O[C@H](CO[C@@H]3O[C@H](CO[C@@H]4O[C@H](CO)[C@@H](O)[C@H](O)[C@H]4O)[C@@H](O)[C@H](O)[C@H]3O)[C@@H](O)[C@H](O)[C@H]2O)cc(OC)c1O. The molecule has 3 aliphatic heterocycles. The Balaban J connectivity index is 1.39. The van der Waals surface area contributed by atoms with Crippen molar-refractivity contribution in [2.24, 2.45) is 0 Å². The van der Waals surface area contributed by atoms with E-state index in [9.17, 15) is 56.2 Å². The monoisotopic (exact) mass is 656 g/mol. The number of aliphatic hydroxyl groups excluding tert-OH is 10. The summed E-state index contributed by atoms with van der Waals surface area (Å²) >= 11 is 0. The molecule has 45 heavy (non-hydrogen) atoms. The number of phenolic OH excluding ortho intramolecular Hbond substituents is 1. The first-order valence-electron chi connectivity index (χ1n) is 13.9. The van der Waals surface area contributed by atoms with Crippen molar-refractivity contribution in [1.82, 2.24) is 0 Å². The van der Waals surface area contributed by atoms with Crippen LogP contribution in [0.4, 0.5) is 0 Å². The summed E-state index contributed by atoms with van der Waals surface area (Å²) in [6.07, 6.45) is -24.8. The van der Waals surface area contributed by atoms with Crippen LogP contribution in [-0.2, 0) is 23.7 Å². The first-order chi connectivity index (χ1) is 21.3. The fraction of sp³-hybridized carbons (Fsp3) is 0.769. The molecule has 3 fully saturated rings. The third kappa shape index (κ3) is 7.53. The minimum atomic E-state index is -1.84. The number of aromatic hydroxyl groups is 1. The van der Waals surface area contributed by atoms with Crippen molar-refractivity contribution in [2.45, 2.75) is 92.1 Å². The van der Waals surface area contributed by atoms with Crippen LogP contribution in [0.15, 0.2) is 12.1 Å². The molecule has 4 rings (SSSR count). The predicted octanol–water partition coefficient (Wildman–Crippen LogP) is -5.76. The minimum absolute atomic E-state index is 0.0146. The van der Waals surface area contributed by atoms with Gasteiger partial charge in [0.05, 0.1) is 34.0 Å². The quantitative estimate of drug-likeness (QED) is 0.106. The third-order valence-corrected chi connectivity index (χ3v) is 7.74. The lowest BCUT2D eigenvalue weighted by Crippen LogP contribution is -2.63. The fourth-order valence-corrected chi connectivity index (χ4v) is 5.00. The van der Waals surface area contributed by atoms with Gasteiger partial charge in [-0.25, -0.2) is 0 Å². The van der Waals surface area contributed by atoms with Crippen LogP contribution in [0.25, 0.3) is 0 Å². The van der Waals surface area contributed by atoms with Gasteiger partial charge < -0.3 is 94.1 Å². The molecule has 3 aliphatic rings. The molecule has 0 unspecified atom stereocenters. The van der Waals surface area contributed by atoms with Crippen LogP contribution in [0.5, 0.6) is 23.0 Å². The van der Waals surface area contributed by atoms with Gasteiger partial charge in [0.1, 0.15) is 79.0 Å². The number of rotatable bonds is 11. The van der Waals surface area contributed by atoms with E-state index in [-0.39, 0.29) is 23.0 Å². The van der Waals surface area contributed by atoms with E-state index in [1.807, 2.05) is 0 Å². The van der Waals surface area contributed by atoms with Gasteiger partial charge in [0, 0.05) is 12.1 Å². The van der Waals surface area contributed by atoms with E-state index >= 15 is 0 Å². The zero-order chi connectivity index (χ0) is 33.2. The minimum Gasteiger partial charge on any atom is -0.502 e. The highest BCUT2D eigenvalue weighted by Crippen LogP contribution is 2.40. The predicted molar refractivity (Wildman–Crippen MR) is 141 cm³/mol.